The van der Waals surface area contributed by atoms with E-state index >= 15 is 0 Å². The number of halogens is 1. The smallest absolute Gasteiger partial charge is 0.355 e. The first-order valence-corrected chi connectivity index (χ1v) is 8.13. The highest BCUT2D eigenvalue weighted by molar-refractivity contribution is 6.02. The van der Waals surface area contributed by atoms with Crippen molar-refractivity contribution in [2.45, 2.75) is 33.8 Å². The summed E-state index contributed by atoms with van der Waals surface area (Å²) in [5.74, 6) is -2.21. The number of nitrogens with one attached hydrogen (secondary N) is 1. The van der Waals surface area contributed by atoms with Gasteiger partial charge in [0.2, 0.25) is 5.78 Å². The second-order valence-electron chi connectivity index (χ2n) is 5.76. The number of H-pyrrole nitrogens is 1. The van der Waals surface area contributed by atoms with Gasteiger partial charge in [-0.2, -0.15) is 0 Å². The van der Waals surface area contributed by atoms with E-state index in [-0.39, 0.29) is 23.4 Å². The normalized spacial score (nSPS) is 11.7. The molecule has 26 heavy (non-hydrogen) atoms. The van der Waals surface area contributed by atoms with Crippen LogP contribution in [0, 0.1) is 19.7 Å². The van der Waals surface area contributed by atoms with Crippen LogP contribution in [0.3, 0.4) is 0 Å². The van der Waals surface area contributed by atoms with Gasteiger partial charge in [0, 0.05) is 11.3 Å². The molecule has 0 unspecified atom stereocenters. The van der Waals surface area contributed by atoms with E-state index in [9.17, 15) is 18.8 Å². The van der Waals surface area contributed by atoms with Gasteiger partial charge in [-0.1, -0.05) is 0 Å². The van der Waals surface area contributed by atoms with Gasteiger partial charge in [0.05, 0.1) is 12.2 Å². The van der Waals surface area contributed by atoms with E-state index < -0.39 is 29.6 Å². The van der Waals surface area contributed by atoms with Gasteiger partial charge in [-0.15, -0.1) is 0 Å². The summed E-state index contributed by atoms with van der Waals surface area (Å²) in [6.45, 7) is 6.57. The Labute approximate surface area is 150 Å². The predicted molar refractivity (Wildman–Crippen MR) is 91.8 cm³/mol. The number of carbonyl (C=O) groups is 3. The number of benzene rings is 1. The van der Waals surface area contributed by atoms with Crippen molar-refractivity contribution in [3.63, 3.8) is 0 Å². The predicted octanol–water partition coefficient (Wildman–Crippen LogP) is 3.38. The molecule has 0 spiro atoms. The Bertz CT molecular complexity index is 838. The summed E-state index contributed by atoms with van der Waals surface area (Å²) in [7, 11) is 0. The monoisotopic (exact) mass is 361 g/mol. The van der Waals surface area contributed by atoms with Gasteiger partial charge in [-0.25, -0.2) is 14.0 Å². The highest BCUT2D eigenvalue weighted by Gasteiger charge is 2.26. The van der Waals surface area contributed by atoms with E-state index in [0.29, 0.717) is 11.3 Å². The van der Waals surface area contributed by atoms with Crippen molar-refractivity contribution in [1.29, 1.82) is 0 Å². The summed E-state index contributed by atoms with van der Waals surface area (Å²) in [5, 5.41) is 0. The van der Waals surface area contributed by atoms with Crippen LogP contribution in [0.5, 0.6) is 0 Å². The van der Waals surface area contributed by atoms with Crippen LogP contribution in [0.4, 0.5) is 4.39 Å². The van der Waals surface area contributed by atoms with E-state index in [2.05, 4.69) is 4.98 Å². The average Bonchev–Trinajstić information content (AvgIpc) is 2.89. The molecule has 0 saturated heterocycles. The van der Waals surface area contributed by atoms with Crippen molar-refractivity contribution < 1.29 is 28.2 Å². The van der Waals surface area contributed by atoms with Crippen LogP contribution in [-0.2, 0) is 9.47 Å². The van der Waals surface area contributed by atoms with E-state index in [0.717, 1.165) is 12.1 Å². The fraction of sp³-hybridized carbons (Fsp3) is 0.316. The molecule has 1 atom stereocenters. The fourth-order valence-electron chi connectivity index (χ4n) is 2.59. The van der Waals surface area contributed by atoms with E-state index in [1.165, 1.54) is 19.1 Å². The number of carbonyl (C=O) groups excluding carboxylic acids is 3. The lowest BCUT2D eigenvalue weighted by Crippen LogP contribution is -2.25. The van der Waals surface area contributed by atoms with Crippen molar-refractivity contribution in [1.82, 2.24) is 4.98 Å². The standard InChI is InChI=1S/C19H20FNO5/c1-5-25-18(23)15-10(2)16(21-11(15)3)19(24)26-12(4)17(22)13-6-8-14(20)9-7-13/h6-9,12,21H,5H2,1-4H3/t12-/m0/s1. The van der Waals surface area contributed by atoms with Crippen molar-refractivity contribution in [2.24, 2.45) is 0 Å². The number of esters is 2. The molecule has 2 rings (SSSR count). The molecule has 0 bridgehead atoms. The van der Waals surface area contributed by atoms with E-state index in [1.807, 2.05) is 0 Å². The second kappa shape index (κ2) is 7.95. The first-order valence-electron chi connectivity index (χ1n) is 8.13. The lowest BCUT2D eigenvalue weighted by molar-refractivity contribution is 0.0313. The Morgan fingerprint density at radius 2 is 1.73 bits per heavy atom. The quantitative estimate of drug-likeness (QED) is 0.630. The molecule has 0 aliphatic carbocycles. The van der Waals surface area contributed by atoms with Crippen LogP contribution in [0.25, 0.3) is 0 Å². The van der Waals surface area contributed by atoms with Gasteiger partial charge >= 0.3 is 11.9 Å². The number of aryl methyl sites for hydroxylation is 1. The summed E-state index contributed by atoms with van der Waals surface area (Å²) >= 11 is 0. The molecule has 0 saturated carbocycles. The van der Waals surface area contributed by atoms with Gasteiger partial charge in [0.1, 0.15) is 11.5 Å². The highest BCUT2D eigenvalue weighted by atomic mass is 19.1. The maximum absolute atomic E-state index is 12.9. The Morgan fingerprint density at radius 1 is 1.12 bits per heavy atom. The summed E-state index contributed by atoms with van der Waals surface area (Å²) in [6.07, 6.45) is -1.07. The first-order chi connectivity index (χ1) is 12.3. The summed E-state index contributed by atoms with van der Waals surface area (Å²) in [6, 6.07) is 4.97. The Hall–Kier alpha value is -2.96. The minimum atomic E-state index is -1.07. The van der Waals surface area contributed by atoms with Crippen LogP contribution in [0.1, 0.15) is 56.3 Å². The van der Waals surface area contributed by atoms with Crippen LogP contribution in [0.2, 0.25) is 0 Å². The number of hydrogen-bond donors (Lipinski definition) is 1. The molecule has 1 aromatic carbocycles. The maximum atomic E-state index is 12.9. The molecular weight excluding hydrogens is 341 g/mol. The fourth-order valence-corrected chi connectivity index (χ4v) is 2.59. The average molecular weight is 361 g/mol. The van der Waals surface area contributed by atoms with Crippen molar-refractivity contribution >= 4 is 17.7 Å². The molecule has 0 radical (unpaired) electrons. The Morgan fingerprint density at radius 3 is 2.31 bits per heavy atom. The topological polar surface area (TPSA) is 85.5 Å². The van der Waals surface area contributed by atoms with Crippen LogP contribution in [-0.4, -0.2) is 35.4 Å². The molecule has 0 aliphatic heterocycles. The number of Topliss-reactive ketones (excluding diaryl/α,β-unsaturated/α-hetero) is 1. The summed E-state index contributed by atoms with van der Waals surface area (Å²) in [4.78, 5) is 39.5. The largest absolute Gasteiger partial charge is 0.462 e. The molecule has 1 aromatic heterocycles. The number of ether oxygens (including phenoxy) is 2. The van der Waals surface area contributed by atoms with E-state index in [1.54, 1.807) is 20.8 Å². The molecule has 0 amide bonds. The van der Waals surface area contributed by atoms with Crippen molar-refractivity contribution in [3.8, 4) is 0 Å². The van der Waals surface area contributed by atoms with Gasteiger partial charge in [-0.3, -0.25) is 4.79 Å². The third kappa shape index (κ3) is 3.99. The number of rotatable bonds is 6. The zero-order valence-corrected chi connectivity index (χ0v) is 15.0. The third-order valence-corrected chi connectivity index (χ3v) is 3.90. The van der Waals surface area contributed by atoms with Crippen molar-refractivity contribution in [3.05, 3.63) is 58.2 Å². The number of hydrogen-bond acceptors (Lipinski definition) is 5. The minimum Gasteiger partial charge on any atom is -0.462 e. The minimum absolute atomic E-state index is 0.0873. The summed E-state index contributed by atoms with van der Waals surface area (Å²) < 4.78 is 23.1. The second-order valence-corrected chi connectivity index (χ2v) is 5.76. The van der Waals surface area contributed by atoms with Crippen molar-refractivity contribution in [2.75, 3.05) is 6.61 Å². The van der Waals surface area contributed by atoms with Gasteiger partial charge in [-0.05, 0) is 57.5 Å². The number of aromatic amines is 1. The van der Waals surface area contributed by atoms with Crippen LogP contribution < -0.4 is 0 Å². The third-order valence-electron chi connectivity index (χ3n) is 3.90. The van der Waals surface area contributed by atoms with E-state index in [4.69, 9.17) is 9.47 Å². The summed E-state index contributed by atoms with van der Waals surface area (Å²) in [5.41, 5.74) is 1.47. The lowest BCUT2D eigenvalue weighted by Gasteiger charge is -2.12. The number of aromatic nitrogens is 1. The van der Waals surface area contributed by atoms with Gasteiger partial charge in [0.15, 0.2) is 6.10 Å². The molecule has 6 nitrogen and oxygen atoms in total. The molecule has 138 valence electrons. The molecular formula is C19H20FNO5. The maximum Gasteiger partial charge on any atom is 0.355 e. The lowest BCUT2D eigenvalue weighted by atomic mass is 10.1. The van der Waals surface area contributed by atoms with Crippen LogP contribution in [0.15, 0.2) is 24.3 Å². The first kappa shape index (κ1) is 19.4. The molecule has 2 aromatic rings. The Kier molecular flexibility index (Phi) is 5.92. The zero-order chi connectivity index (χ0) is 19.4. The molecule has 0 aliphatic rings. The molecule has 1 heterocycles. The molecule has 0 fully saturated rings. The molecule has 7 heteroatoms. The molecule has 1 N–H and O–H groups in total. The number of ketones is 1. The van der Waals surface area contributed by atoms with Crippen LogP contribution >= 0.6 is 0 Å². The SMILES string of the molecule is CCOC(=O)c1c(C)[nH]c(C(=O)O[C@@H](C)C(=O)c2ccc(F)cc2)c1C. The Balaban J connectivity index is 2.17. The van der Waals surface area contributed by atoms with Gasteiger partial charge in [0.25, 0.3) is 0 Å². The highest BCUT2D eigenvalue weighted by Crippen LogP contribution is 2.20. The van der Waals surface area contributed by atoms with Gasteiger partial charge < -0.3 is 14.5 Å². The zero-order valence-electron chi connectivity index (χ0n) is 15.0.